The molecule has 3 fully saturated rings. The second-order valence-electron chi connectivity index (χ2n) is 12.3. The first-order chi connectivity index (χ1) is 13.7. The van der Waals surface area contributed by atoms with Crippen LogP contribution in [-0.4, -0.2) is 11.2 Å². The normalized spacial score (nSPS) is 46.8. The third-order valence-corrected chi connectivity index (χ3v) is 10.5. The van der Waals surface area contributed by atoms with Crippen LogP contribution in [0.1, 0.15) is 92.9 Å². The maximum Gasteiger partial charge on any atom is 0.0543 e. The highest BCUT2D eigenvalue weighted by atomic mass is 16.3. The fraction of sp³-hybridized carbons (Fsp3) is 0.857. The van der Waals surface area contributed by atoms with E-state index in [1.54, 1.807) is 0 Å². The first-order valence-corrected chi connectivity index (χ1v) is 12.7. The standard InChI is InChI=1S/C28H46O/c1-18(2)19(3)7-8-20(4)24-11-12-25-23-10-9-21-17-22(29)13-15-27(21,5)26(23)14-16-28(24,25)6/h7-8,10,18-22,24-26,29H,9,11-17H2,1-6H3/b8-7+/t19?,20?,21-,22-,24?,25?,26?,27?,28?/m0/s1. The van der Waals surface area contributed by atoms with Crippen LogP contribution in [0.5, 0.6) is 0 Å². The number of hydrogen-bond donors (Lipinski definition) is 1. The molecule has 0 heterocycles. The number of aliphatic hydroxyl groups excluding tert-OH is 1. The lowest BCUT2D eigenvalue weighted by atomic mass is 9.47. The Hall–Kier alpha value is -0.560. The van der Waals surface area contributed by atoms with Gasteiger partial charge in [0, 0.05) is 0 Å². The van der Waals surface area contributed by atoms with Crippen molar-refractivity contribution in [3.63, 3.8) is 0 Å². The summed E-state index contributed by atoms with van der Waals surface area (Å²) in [6.45, 7) is 14.7. The number of aliphatic hydroxyl groups is 1. The molecule has 0 aromatic carbocycles. The Kier molecular flexibility index (Phi) is 5.86. The minimum absolute atomic E-state index is 0.0476. The summed E-state index contributed by atoms with van der Waals surface area (Å²) in [7, 11) is 0. The van der Waals surface area contributed by atoms with E-state index in [0.29, 0.717) is 28.6 Å². The van der Waals surface area contributed by atoms with Crippen LogP contribution in [0.25, 0.3) is 0 Å². The molecule has 1 nitrogen and oxygen atoms in total. The quantitative estimate of drug-likeness (QED) is 0.489. The van der Waals surface area contributed by atoms with Gasteiger partial charge in [-0.3, -0.25) is 0 Å². The van der Waals surface area contributed by atoms with E-state index in [9.17, 15) is 5.11 Å². The molecule has 0 aliphatic heterocycles. The zero-order valence-corrected chi connectivity index (χ0v) is 20.0. The highest BCUT2D eigenvalue weighted by molar-refractivity contribution is 5.28. The summed E-state index contributed by atoms with van der Waals surface area (Å²) in [4.78, 5) is 0. The summed E-state index contributed by atoms with van der Waals surface area (Å²) < 4.78 is 0. The third kappa shape index (κ3) is 3.58. The van der Waals surface area contributed by atoms with Crippen molar-refractivity contribution in [1.29, 1.82) is 0 Å². The van der Waals surface area contributed by atoms with Gasteiger partial charge >= 0.3 is 0 Å². The van der Waals surface area contributed by atoms with Crippen LogP contribution in [-0.2, 0) is 0 Å². The summed E-state index contributed by atoms with van der Waals surface area (Å²) in [5.41, 5.74) is 2.79. The van der Waals surface area contributed by atoms with E-state index in [1.165, 1.54) is 38.5 Å². The third-order valence-electron chi connectivity index (χ3n) is 10.5. The molecular weight excluding hydrogens is 352 g/mol. The molecule has 4 rings (SSSR count). The molecule has 4 aliphatic rings. The van der Waals surface area contributed by atoms with E-state index in [0.717, 1.165) is 36.5 Å². The molecule has 0 bridgehead atoms. The first-order valence-electron chi connectivity index (χ1n) is 12.7. The number of allylic oxidation sites excluding steroid dienone is 4. The van der Waals surface area contributed by atoms with Crippen LogP contribution in [0.3, 0.4) is 0 Å². The summed E-state index contributed by atoms with van der Waals surface area (Å²) in [5.74, 6) is 5.25. The highest BCUT2D eigenvalue weighted by Gasteiger charge is 2.57. The van der Waals surface area contributed by atoms with Gasteiger partial charge in [0.2, 0.25) is 0 Å². The van der Waals surface area contributed by atoms with Crippen molar-refractivity contribution in [3.8, 4) is 0 Å². The Morgan fingerprint density at radius 1 is 0.931 bits per heavy atom. The smallest absolute Gasteiger partial charge is 0.0543 e. The fourth-order valence-corrected chi connectivity index (χ4v) is 8.10. The van der Waals surface area contributed by atoms with Crippen molar-refractivity contribution in [2.75, 3.05) is 0 Å². The van der Waals surface area contributed by atoms with Gasteiger partial charge in [-0.2, -0.15) is 0 Å². The van der Waals surface area contributed by atoms with E-state index in [-0.39, 0.29) is 6.10 Å². The second kappa shape index (κ2) is 7.85. The van der Waals surface area contributed by atoms with Gasteiger partial charge in [0.1, 0.15) is 0 Å². The minimum Gasteiger partial charge on any atom is -0.393 e. The average Bonchev–Trinajstić information content (AvgIpc) is 3.03. The zero-order chi connectivity index (χ0) is 21.0. The van der Waals surface area contributed by atoms with Crippen molar-refractivity contribution in [2.45, 2.75) is 99.0 Å². The van der Waals surface area contributed by atoms with Gasteiger partial charge in [-0.25, -0.2) is 0 Å². The number of hydrogen-bond acceptors (Lipinski definition) is 1. The predicted octanol–water partition coefficient (Wildman–Crippen LogP) is 7.41. The maximum atomic E-state index is 10.2. The largest absolute Gasteiger partial charge is 0.393 e. The van der Waals surface area contributed by atoms with Crippen LogP contribution in [0.2, 0.25) is 0 Å². The topological polar surface area (TPSA) is 20.2 Å². The van der Waals surface area contributed by atoms with Gasteiger partial charge in [-0.15, -0.1) is 0 Å². The lowest BCUT2D eigenvalue weighted by Crippen LogP contribution is -2.49. The van der Waals surface area contributed by atoms with Crippen molar-refractivity contribution >= 4 is 0 Å². The molecule has 9 atom stereocenters. The van der Waals surface area contributed by atoms with E-state index < -0.39 is 0 Å². The molecule has 4 aliphatic carbocycles. The molecule has 0 saturated heterocycles. The van der Waals surface area contributed by atoms with E-state index in [4.69, 9.17) is 0 Å². The lowest BCUT2D eigenvalue weighted by Gasteiger charge is -2.57. The Morgan fingerprint density at radius 2 is 1.62 bits per heavy atom. The van der Waals surface area contributed by atoms with Gasteiger partial charge < -0.3 is 5.11 Å². The second-order valence-corrected chi connectivity index (χ2v) is 12.3. The van der Waals surface area contributed by atoms with Crippen molar-refractivity contribution in [2.24, 2.45) is 52.3 Å². The molecule has 164 valence electrons. The summed E-state index contributed by atoms with van der Waals surface area (Å²) in [6.07, 6.45) is 17.8. The number of fused-ring (bicyclic) bond motifs is 5. The molecule has 0 aromatic rings. The SMILES string of the molecule is CC(C)C(C)/C=C/C(C)C1CCC2C3=CC[C@H]4C[C@@H](O)CCC4(C)C3CCC21C. The van der Waals surface area contributed by atoms with E-state index >= 15 is 0 Å². The molecule has 7 unspecified atom stereocenters. The van der Waals surface area contributed by atoms with Crippen molar-refractivity contribution in [1.82, 2.24) is 0 Å². The van der Waals surface area contributed by atoms with Gasteiger partial charge in [0.05, 0.1) is 6.10 Å². The van der Waals surface area contributed by atoms with Crippen LogP contribution in [0, 0.1) is 52.3 Å². The fourth-order valence-electron chi connectivity index (χ4n) is 8.10. The maximum absolute atomic E-state index is 10.2. The van der Waals surface area contributed by atoms with E-state index in [1.807, 2.05) is 5.57 Å². The Balaban J connectivity index is 1.54. The molecule has 3 saturated carbocycles. The van der Waals surface area contributed by atoms with Gasteiger partial charge in [0.15, 0.2) is 0 Å². The Labute approximate surface area is 180 Å². The molecule has 1 N–H and O–H groups in total. The molecular formula is C28H46O. The Morgan fingerprint density at radius 3 is 2.34 bits per heavy atom. The van der Waals surface area contributed by atoms with Crippen LogP contribution in [0.15, 0.2) is 23.8 Å². The molecule has 29 heavy (non-hydrogen) atoms. The minimum atomic E-state index is -0.0476. The van der Waals surface area contributed by atoms with Crippen LogP contribution < -0.4 is 0 Å². The monoisotopic (exact) mass is 398 g/mol. The highest BCUT2D eigenvalue weighted by Crippen LogP contribution is 2.66. The summed E-state index contributed by atoms with van der Waals surface area (Å²) in [5, 5.41) is 10.2. The number of rotatable bonds is 4. The van der Waals surface area contributed by atoms with Gasteiger partial charge in [-0.05, 0) is 104 Å². The predicted molar refractivity (Wildman–Crippen MR) is 124 cm³/mol. The summed E-state index contributed by atoms with van der Waals surface area (Å²) >= 11 is 0. The zero-order valence-electron chi connectivity index (χ0n) is 20.0. The first kappa shape index (κ1) is 21.7. The van der Waals surface area contributed by atoms with Crippen molar-refractivity contribution < 1.29 is 5.11 Å². The van der Waals surface area contributed by atoms with Crippen LogP contribution >= 0.6 is 0 Å². The molecule has 0 aromatic heterocycles. The Bertz CT molecular complexity index is 659. The van der Waals surface area contributed by atoms with Crippen molar-refractivity contribution in [3.05, 3.63) is 23.8 Å². The molecule has 0 radical (unpaired) electrons. The van der Waals surface area contributed by atoms with E-state index in [2.05, 4.69) is 59.8 Å². The summed E-state index contributed by atoms with van der Waals surface area (Å²) in [6, 6.07) is 0. The molecule has 1 heteroatoms. The molecule has 0 amide bonds. The average molecular weight is 399 g/mol. The van der Waals surface area contributed by atoms with Crippen LogP contribution in [0.4, 0.5) is 0 Å². The van der Waals surface area contributed by atoms with Gasteiger partial charge in [0.25, 0.3) is 0 Å². The van der Waals surface area contributed by atoms with Gasteiger partial charge in [-0.1, -0.05) is 65.3 Å². The lowest BCUT2D eigenvalue weighted by molar-refractivity contribution is -0.0414. The molecule has 0 spiro atoms.